The average Bonchev–Trinajstić information content (AvgIpc) is 3.46. The molecule has 0 saturated carbocycles. The Morgan fingerprint density at radius 2 is 2.03 bits per heavy atom. The van der Waals surface area contributed by atoms with Crippen molar-refractivity contribution in [1.29, 1.82) is 0 Å². The maximum atomic E-state index is 13.2. The third-order valence-corrected chi connectivity index (χ3v) is 5.23. The zero-order valence-electron chi connectivity index (χ0n) is 15.7. The molecule has 8 heteroatoms. The van der Waals surface area contributed by atoms with Crippen molar-refractivity contribution >= 4 is 11.6 Å². The first-order chi connectivity index (χ1) is 14.1. The first kappa shape index (κ1) is 17.5. The Kier molecular flexibility index (Phi) is 4.12. The Morgan fingerprint density at radius 3 is 2.86 bits per heavy atom. The number of halogens is 1. The molecule has 1 fully saturated rings. The Bertz CT molecular complexity index is 1200. The average molecular weight is 391 g/mol. The van der Waals surface area contributed by atoms with Crippen LogP contribution in [0.3, 0.4) is 0 Å². The van der Waals surface area contributed by atoms with Gasteiger partial charge in [0, 0.05) is 30.4 Å². The number of aryl methyl sites for hydroxylation is 1. The number of hydrogen-bond acceptors (Lipinski definition) is 5. The van der Waals surface area contributed by atoms with Gasteiger partial charge in [-0.15, -0.1) is 0 Å². The zero-order valence-corrected chi connectivity index (χ0v) is 15.7. The summed E-state index contributed by atoms with van der Waals surface area (Å²) in [7, 11) is 0. The lowest BCUT2D eigenvalue weighted by molar-refractivity contribution is 0.0689. The molecule has 1 atom stereocenters. The molecule has 0 aliphatic carbocycles. The topological polar surface area (TPSA) is 76.5 Å². The van der Waals surface area contributed by atoms with E-state index in [9.17, 15) is 9.18 Å². The fraction of sp³-hybridized carbons (Fsp3) is 0.238. The SMILES string of the molecule is Cc1cc2nccc(C3CCCN3C(=O)c3cc(-c4ccc(F)cc4)no3)n2n1. The van der Waals surface area contributed by atoms with Crippen LogP contribution in [0, 0.1) is 12.7 Å². The first-order valence-electron chi connectivity index (χ1n) is 9.45. The summed E-state index contributed by atoms with van der Waals surface area (Å²) in [4.78, 5) is 19.3. The van der Waals surface area contributed by atoms with Gasteiger partial charge >= 0.3 is 0 Å². The standard InChI is InChI=1S/C21H18FN5O2/c1-13-11-20-23-9-8-18(27(20)24-13)17-3-2-10-26(17)21(28)19-12-16(25-29-19)14-4-6-15(22)7-5-14/h4-9,11-12,17H,2-3,10H2,1H3. The molecule has 1 unspecified atom stereocenters. The molecule has 4 heterocycles. The molecule has 1 aliphatic rings. The van der Waals surface area contributed by atoms with Gasteiger partial charge < -0.3 is 9.42 Å². The minimum atomic E-state index is -0.328. The quantitative estimate of drug-likeness (QED) is 0.531. The van der Waals surface area contributed by atoms with E-state index in [1.165, 1.54) is 12.1 Å². The van der Waals surface area contributed by atoms with Crippen molar-refractivity contribution in [3.05, 3.63) is 71.6 Å². The van der Waals surface area contributed by atoms with Gasteiger partial charge in [0.2, 0.25) is 5.76 Å². The number of hydrogen-bond donors (Lipinski definition) is 0. The van der Waals surface area contributed by atoms with Crippen molar-refractivity contribution in [3.8, 4) is 11.3 Å². The molecule has 3 aromatic heterocycles. The van der Waals surface area contributed by atoms with Crippen LogP contribution in [0.5, 0.6) is 0 Å². The van der Waals surface area contributed by atoms with Crippen LogP contribution in [0.4, 0.5) is 4.39 Å². The summed E-state index contributed by atoms with van der Waals surface area (Å²) >= 11 is 0. The third kappa shape index (κ3) is 3.06. The van der Waals surface area contributed by atoms with Gasteiger partial charge in [-0.2, -0.15) is 5.10 Å². The van der Waals surface area contributed by atoms with Gasteiger partial charge in [-0.25, -0.2) is 13.9 Å². The number of carbonyl (C=O) groups excluding carboxylic acids is 1. The molecule has 29 heavy (non-hydrogen) atoms. The Hall–Kier alpha value is -3.55. The van der Waals surface area contributed by atoms with Crippen LogP contribution < -0.4 is 0 Å². The van der Waals surface area contributed by atoms with E-state index in [-0.39, 0.29) is 23.5 Å². The number of benzene rings is 1. The highest BCUT2D eigenvalue weighted by Crippen LogP contribution is 2.33. The van der Waals surface area contributed by atoms with Crippen LogP contribution in [-0.4, -0.2) is 37.1 Å². The van der Waals surface area contributed by atoms with E-state index in [1.54, 1.807) is 33.8 Å². The van der Waals surface area contributed by atoms with Crippen molar-refractivity contribution in [3.63, 3.8) is 0 Å². The summed E-state index contributed by atoms with van der Waals surface area (Å²) in [5.41, 5.74) is 3.75. The normalized spacial score (nSPS) is 16.6. The summed E-state index contributed by atoms with van der Waals surface area (Å²) < 4.78 is 20.3. The van der Waals surface area contributed by atoms with Crippen LogP contribution in [0.1, 0.15) is 40.8 Å². The molecule has 0 N–H and O–H groups in total. The van der Waals surface area contributed by atoms with E-state index in [1.807, 2.05) is 19.1 Å². The minimum Gasteiger partial charge on any atom is -0.350 e. The lowest BCUT2D eigenvalue weighted by atomic mass is 10.1. The minimum absolute atomic E-state index is 0.119. The number of fused-ring (bicyclic) bond motifs is 1. The fourth-order valence-electron chi connectivity index (χ4n) is 3.87. The van der Waals surface area contributed by atoms with E-state index in [2.05, 4.69) is 15.2 Å². The van der Waals surface area contributed by atoms with Gasteiger partial charge in [0.05, 0.1) is 17.4 Å². The van der Waals surface area contributed by atoms with Crippen molar-refractivity contribution in [1.82, 2.24) is 24.7 Å². The molecule has 0 bridgehead atoms. The van der Waals surface area contributed by atoms with Gasteiger partial charge in [0.25, 0.3) is 5.91 Å². The van der Waals surface area contributed by atoms with E-state index in [4.69, 9.17) is 4.52 Å². The fourth-order valence-corrected chi connectivity index (χ4v) is 3.87. The highest BCUT2D eigenvalue weighted by molar-refractivity contribution is 5.93. The van der Waals surface area contributed by atoms with Gasteiger partial charge in [-0.1, -0.05) is 5.16 Å². The molecule has 1 aliphatic heterocycles. The first-order valence-corrected chi connectivity index (χ1v) is 9.45. The van der Waals surface area contributed by atoms with Crippen LogP contribution in [0.15, 0.2) is 53.2 Å². The molecule has 0 spiro atoms. The van der Waals surface area contributed by atoms with Crippen LogP contribution >= 0.6 is 0 Å². The van der Waals surface area contributed by atoms with Crippen molar-refractivity contribution in [2.75, 3.05) is 6.54 Å². The third-order valence-electron chi connectivity index (χ3n) is 5.23. The molecule has 1 saturated heterocycles. The lowest BCUT2D eigenvalue weighted by Gasteiger charge is -2.24. The molecular formula is C21H18FN5O2. The second-order valence-electron chi connectivity index (χ2n) is 7.17. The molecule has 1 amide bonds. The number of carbonyl (C=O) groups is 1. The maximum Gasteiger partial charge on any atom is 0.293 e. The second kappa shape index (κ2) is 6.80. The van der Waals surface area contributed by atoms with Crippen molar-refractivity contribution in [2.24, 2.45) is 0 Å². The summed E-state index contributed by atoms with van der Waals surface area (Å²) in [6.45, 7) is 2.54. The predicted molar refractivity (Wildman–Crippen MR) is 103 cm³/mol. The summed E-state index contributed by atoms with van der Waals surface area (Å²) in [6.07, 6.45) is 3.47. The maximum absolute atomic E-state index is 13.2. The zero-order chi connectivity index (χ0) is 20.0. The van der Waals surface area contributed by atoms with E-state index >= 15 is 0 Å². The van der Waals surface area contributed by atoms with Crippen LogP contribution in [0.2, 0.25) is 0 Å². The van der Waals surface area contributed by atoms with Gasteiger partial charge in [0.1, 0.15) is 11.5 Å². The van der Waals surface area contributed by atoms with E-state index in [0.717, 1.165) is 29.9 Å². The highest BCUT2D eigenvalue weighted by Gasteiger charge is 2.34. The number of aromatic nitrogens is 4. The largest absolute Gasteiger partial charge is 0.350 e. The molecule has 7 nitrogen and oxygen atoms in total. The number of amides is 1. The smallest absolute Gasteiger partial charge is 0.293 e. The number of rotatable bonds is 3. The Morgan fingerprint density at radius 1 is 1.21 bits per heavy atom. The lowest BCUT2D eigenvalue weighted by Crippen LogP contribution is -2.31. The van der Waals surface area contributed by atoms with E-state index < -0.39 is 0 Å². The summed E-state index contributed by atoms with van der Waals surface area (Å²) in [5.74, 6) is -0.383. The van der Waals surface area contributed by atoms with Gasteiger partial charge in [0.15, 0.2) is 5.65 Å². The van der Waals surface area contributed by atoms with E-state index in [0.29, 0.717) is 17.8 Å². The van der Waals surface area contributed by atoms with Crippen molar-refractivity contribution in [2.45, 2.75) is 25.8 Å². The monoisotopic (exact) mass is 391 g/mol. The van der Waals surface area contributed by atoms with Crippen molar-refractivity contribution < 1.29 is 13.7 Å². The Labute approximate surface area is 165 Å². The molecule has 146 valence electrons. The predicted octanol–water partition coefficient (Wildman–Crippen LogP) is 3.81. The molecular weight excluding hydrogens is 373 g/mol. The molecule has 1 aromatic carbocycles. The summed E-state index contributed by atoms with van der Waals surface area (Å²) in [6, 6.07) is 11.2. The second-order valence-corrected chi connectivity index (χ2v) is 7.17. The van der Waals surface area contributed by atoms with Gasteiger partial charge in [-0.3, -0.25) is 4.79 Å². The number of likely N-dealkylation sites (tertiary alicyclic amines) is 1. The Balaban J connectivity index is 1.45. The number of nitrogens with zero attached hydrogens (tertiary/aromatic N) is 5. The molecule has 4 aromatic rings. The molecule has 0 radical (unpaired) electrons. The van der Waals surface area contributed by atoms with Crippen LogP contribution in [0.25, 0.3) is 16.9 Å². The highest BCUT2D eigenvalue weighted by atomic mass is 19.1. The van der Waals surface area contributed by atoms with Crippen LogP contribution in [-0.2, 0) is 0 Å². The molecule has 5 rings (SSSR count). The summed E-state index contributed by atoms with van der Waals surface area (Å²) in [5, 5.41) is 8.51. The van der Waals surface area contributed by atoms with Gasteiger partial charge in [-0.05, 0) is 50.1 Å².